The number of amides is 1. The summed E-state index contributed by atoms with van der Waals surface area (Å²) in [4.78, 5) is 26.4. The molecule has 0 radical (unpaired) electrons. The molecule has 0 atom stereocenters. The van der Waals surface area contributed by atoms with Gasteiger partial charge in [0.2, 0.25) is 0 Å². The summed E-state index contributed by atoms with van der Waals surface area (Å²) in [6.45, 7) is 2.76. The highest BCUT2D eigenvalue weighted by Gasteiger charge is 2.08. The fourth-order valence-corrected chi connectivity index (χ4v) is 2.47. The lowest BCUT2D eigenvalue weighted by molar-refractivity contribution is 0.0690. The van der Waals surface area contributed by atoms with Gasteiger partial charge in [0.05, 0.1) is 6.33 Å². The fraction of sp³-hybridized carbons (Fsp3) is 0.214. The van der Waals surface area contributed by atoms with Crippen molar-refractivity contribution in [2.24, 2.45) is 0 Å². The Kier molecular flexibility index (Phi) is 4.74. The van der Waals surface area contributed by atoms with E-state index in [0.29, 0.717) is 18.7 Å². The second kappa shape index (κ2) is 6.53. The van der Waals surface area contributed by atoms with Crippen LogP contribution in [-0.2, 0) is 6.54 Å². The molecule has 1 amide bonds. The Morgan fingerprint density at radius 2 is 2.14 bits per heavy atom. The maximum absolute atomic E-state index is 12.0. The van der Waals surface area contributed by atoms with Gasteiger partial charge in [-0.15, -0.1) is 0 Å². The average molecular weight is 352 g/mol. The normalized spacial score (nSPS) is 10.4. The molecule has 1 aromatic carbocycles. The van der Waals surface area contributed by atoms with Gasteiger partial charge in [0.15, 0.2) is 5.69 Å². The first-order chi connectivity index (χ1) is 9.95. The monoisotopic (exact) mass is 351 g/mol. The number of aromatic carboxylic acids is 1. The average Bonchev–Trinajstić information content (AvgIpc) is 2.86. The largest absolute Gasteiger partial charge is 0.476 e. The van der Waals surface area contributed by atoms with Gasteiger partial charge >= 0.3 is 5.97 Å². The number of hydrogen-bond donors (Lipinski definition) is 2. The zero-order valence-corrected chi connectivity index (χ0v) is 12.9. The number of nitrogens with zero attached hydrogens (tertiary/aromatic N) is 2. The molecule has 2 rings (SSSR count). The van der Waals surface area contributed by atoms with Crippen molar-refractivity contribution < 1.29 is 14.7 Å². The Hall–Kier alpha value is -2.15. The molecule has 1 aromatic heterocycles. The number of benzene rings is 1. The molecule has 0 unspecified atom stereocenters. The van der Waals surface area contributed by atoms with Crippen LogP contribution < -0.4 is 5.32 Å². The van der Waals surface area contributed by atoms with E-state index < -0.39 is 5.97 Å². The molecule has 110 valence electrons. The molecule has 0 aliphatic rings. The number of carboxylic acid groups (broad SMARTS) is 1. The van der Waals surface area contributed by atoms with Crippen LogP contribution in [-0.4, -0.2) is 33.1 Å². The predicted octanol–water partition coefficient (Wildman–Crippen LogP) is 2.08. The molecule has 0 saturated heterocycles. The molecule has 0 aliphatic carbocycles. The quantitative estimate of drug-likeness (QED) is 0.863. The first kappa shape index (κ1) is 15.2. The molecule has 0 saturated carbocycles. The molecular weight excluding hydrogens is 338 g/mol. The smallest absolute Gasteiger partial charge is 0.356 e. The number of halogens is 1. The van der Waals surface area contributed by atoms with Crippen LogP contribution in [0.4, 0.5) is 0 Å². The summed E-state index contributed by atoms with van der Waals surface area (Å²) in [5.74, 6) is -1.24. The van der Waals surface area contributed by atoms with Crippen molar-refractivity contribution in [3.63, 3.8) is 0 Å². The van der Waals surface area contributed by atoms with Gasteiger partial charge in [0.25, 0.3) is 5.91 Å². The van der Waals surface area contributed by atoms with Gasteiger partial charge in [-0.25, -0.2) is 9.78 Å². The summed E-state index contributed by atoms with van der Waals surface area (Å²) in [5, 5.41) is 11.5. The summed E-state index contributed by atoms with van der Waals surface area (Å²) < 4.78 is 2.48. The van der Waals surface area contributed by atoms with Gasteiger partial charge < -0.3 is 15.0 Å². The molecule has 0 bridgehead atoms. The molecule has 0 fully saturated rings. The molecule has 6 nitrogen and oxygen atoms in total. The van der Waals surface area contributed by atoms with Crippen LogP contribution in [0.15, 0.2) is 35.2 Å². The third kappa shape index (κ3) is 4.16. The van der Waals surface area contributed by atoms with E-state index in [4.69, 9.17) is 5.11 Å². The van der Waals surface area contributed by atoms with E-state index in [9.17, 15) is 9.59 Å². The third-order valence-corrected chi connectivity index (χ3v) is 3.27. The van der Waals surface area contributed by atoms with Gasteiger partial charge in [-0.1, -0.05) is 15.9 Å². The Balaban J connectivity index is 1.90. The van der Waals surface area contributed by atoms with E-state index in [-0.39, 0.29) is 11.6 Å². The highest BCUT2D eigenvalue weighted by molar-refractivity contribution is 9.10. The number of nitrogens with one attached hydrogen (secondary N) is 1. The zero-order chi connectivity index (χ0) is 15.4. The molecule has 2 aromatic rings. The first-order valence-electron chi connectivity index (χ1n) is 6.26. The number of carbonyl (C=O) groups is 2. The summed E-state index contributed by atoms with van der Waals surface area (Å²) in [5.41, 5.74) is 1.57. The minimum Gasteiger partial charge on any atom is -0.476 e. The van der Waals surface area contributed by atoms with Crippen LogP contribution in [0.5, 0.6) is 0 Å². The van der Waals surface area contributed by atoms with Crippen molar-refractivity contribution in [3.8, 4) is 0 Å². The molecule has 1 heterocycles. The van der Waals surface area contributed by atoms with E-state index in [1.54, 1.807) is 16.7 Å². The summed E-state index contributed by atoms with van der Waals surface area (Å²) >= 11 is 3.35. The van der Waals surface area contributed by atoms with E-state index in [0.717, 1.165) is 10.0 Å². The van der Waals surface area contributed by atoms with Gasteiger partial charge in [0, 0.05) is 29.3 Å². The highest BCUT2D eigenvalue weighted by atomic mass is 79.9. The van der Waals surface area contributed by atoms with Crippen LogP contribution >= 0.6 is 15.9 Å². The molecule has 0 spiro atoms. The molecule has 0 aliphatic heterocycles. The van der Waals surface area contributed by atoms with Gasteiger partial charge in [-0.2, -0.15) is 0 Å². The minimum absolute atomic E-state index is 0.0102. The summed E-state index contributed by atoms with van der Waals surface area (Å²) in [7, 11) is 0. The van der Waals surface area contributed by atoms with E-state index in [1.807, 2.05) is 13.0 Å². The van der Waals surface area contributed by atoms with E-state index in [2.05, 4.69) is 26.2 Å². The Morgan fingerprint density at radius 1 is 1.38 bits per heavy atom. The van der Waals surface area contributed by atoms with E-state index >= 15 is 0 Å². The van der Waals surface area contributed by atoms with Crippen molar-refractivity contribution in [2.45, 2.75) is 13.5 Å². The van der Waals surface area contributed by atoms with Crippen molar-refractivity contribution in [2.75, 3.05) is 6.54 Å². The number of aromatic nitrogens is 2. The van der Waals surface area contributed by atoms with Crippen LogP contribution in [0.1, 0.15) is 26.4 Å². The van der Waals surface area contributed by atoms with Crippen molar-refractivity contribution in [3.05, 3.63) is 52.0 Å². The van der Waals surface area contributed by atoms with E-state index in [1.165, 1.54) is 12.5 Å². The second-order valence-electron chi connectivity index (χ2n) is 4.58. The van der Waals surface area contributed by atoms with Crippen molar-refractivity contribution in [1.82, 2.24) is 14.9 Å². The second-order valence-corrected chi connectivity index (χ2v) is 5.49. The molecule has 2 N–H and O–H groups in total. The number of carboxylic acids is 1. The number of carbonyl (C=O) groups excluding carboxylic acids is 1. The summed E-state index contributed by atoms with van der Waals surface area (Å²) in [6.07, 6.45) is 2.86. The lowest BCUT2D eigenvalue weighted by atomic mass is 10.1. The minimum atomic E-state index is -1.07. The molecular formula is C14H14BrN3O3. The maximum Gasteiger partial charge on any atom is 0.356 e. The predicted molar refractivity (Wildman–Crippen MR) is 80.4 cm³/mol. The molecule has 7 heteroatoms. The Labute approximate surface area is 129 Å². The van der Waals surface area contributed by atoms with Crippen LogP contribution in [0.3, 0.4) is 0 Å². The van der Waals surface area contributed by atoms with Crippen molar-refractivity contribution >= 4 is 27.8 Å². The zero-order valence-electron chi connectivity index (χ0n) is 11.3. The SMILES string of the molecule is Cc1cc(Br)cc(C(=O)NCCn2cnc(C(=O)O)c2)c1. The van der Waals surface area contributed by atoms with Gasteiger partial charge in [-0.05, 0) is 30.7 Å². The van der Waals surface area contributed by atoms with Gasteiger partial charge in [0.1, 0.15) is 0 Å². The lowest BCUT2D eigenvalue weighted by Crippen LogP contribution is -2.27. The fourth-order valence-electron chi connectivity index (χ4n) is 1.86. The van der Waals surface area contributed by atoms with Crippen LogP contribution in [0.25, 0.3) is 0 Å². The van der Waals surface area contributed by atoms with Crippen molar-refractivity contribution in [1.29, 1.82) is 0 Å². The number of hydrogen-bond acceptors (Lipinski definition) is 3. The first-order valence-corrected chi connectivity index (χ1v) is 7.05. The number of rotatable bonds is 5. The number of aryl methyl sites for hydroxylation is 1. The topological polar surface area (TPSA) is 84.2 Å². The summed E-state index contributed by atoms with van der Waals surface area (Å²) in [6, 6.07) is 5.48. The van der Waals surface area contributed by atoms with Crippen LogP contribution in [0, 0.1) is 6.92 Å². The Bertz CT molecular complexity index is 662. The lowest BCUT2D eigenvalue weighted by Gasteiger charge is -2.07. The third-order valence-electron chi connectivity index (χ3n) is 2.81. The highest BCUT2D eigenvalue weighted by Crippen LogP contribution is 2.15. The Morgan fingerprint density at radius 3 is 2.76 bits per heavy atom. The maximum atomic E-state index is 12.0. The van der Waals surface area contributed by atoms with Gasteiger partial charge in [-0.3, -0.25) is 4.79 Å². The van der Waals surface area contributed by atoms with Crippen LogP contribution in [0.2, 0.25) is 0 Å². The number of imidazole rings is 1. The standard InChI is InChI=1S/C14H14BrN3O3/c1-9-4-10(6-11(15)5-9)13(19)16-2-3-18-7-12(14(20)21)17-8-18/h4-8H,2-3H2,1H3,(H,16,19)(H,20,21). The molecule has 21 heavy (non-hydrogen) atoms.